The van der Waals surface area contributed by atoms with Crippen molar-refractivity contribution in [2.45, 2.75) is 26.7 Å². The molecule has 0 unspecified atom stereocenters. The van der Waals surface area contributed by atoms with Gasteiger partial charge in [0.1, 0.15) is 5.76 Å². The van der Waals surface area contributed by atoms with Gasteiger partial charge in [-0.15, -0.1) is 11.8 Å². The summed E-state index contributed by atoms with van der Waals surface area (Å²) in [5.41, 5.74) is 1.99. The number of amides is 1. The Morgan fingerprint density at radius 1 is 1.56 bits per heavy atom. The third kappa shape index (κ3) is 2.40. The van der Waals surface area contributed by atoms with Crippen molar-refractivity contribution in [3.8, 4) is 0 Å². The second-order valence-electron chi connectivity index (χ2n) is 4.00. The summed E-state index contributed by atoms with van der Waals surface area (Å²) in [6, 6.07) is 0. The predicted octanol–water partition coefficient (Wildman–Crippen LogP) is 1.76. The molecule has 5 heteroatoms. The van der Waals surface area contributed by atoms with Crippen LogP contribution < -0.4 is 0 Å². The number of carbonyl (C=O) groups excluding carboxylic acids is 1. The number of aromatic nitrogens is 1. The van der Waals surface area contributed by atoms with Crippen molar-refractivity contribution in [1.29, 1.82) is 0 Å². The topological polar surface area (TPSA) is 46.3 Å². The number of hydrogen-bond acceptors (Lipinski definition) is 4. The molecule has 16 heavy (non-hydrogen) atoms. The fourth-order valence-electron chi connectivity index (χ4n) is 1.86. The van der Waals surface area contributed by atoms with Gasteiger partial charge in [0.05, 0.1) is 11.6 Å². The molecule has 4 nitrogen and oxygen atoms in total. The van der Waals surface area contributed by atoms with E-state index in [1.165, 1.54) is 0 Å². The highest BCUT2D eigenvalue weighted by Crippen LogP contribution is 2.18. The van der Waals surface area contributed by atoms with Gasteiger partial charge in [-0.1, -0.05) is 5.16 Å². The van der Waals surface area contributed by atoms with Crippen molar-refractivity contribution < 1.29 is 9.32 Å². The quantitative estimate of drug-likeness (QED) is 0.807. The lowest BCUT2D eigenvalue weighted by Gasteiger charge is -2.13. The summed E-state index contributed by atoms with van der Waals surface area (Å²) in [7, 11) is 0. The lowest BCUT2D eigenvalue weighted by molar-refractivity contribution is -0.129. The molecule has 0 aliphatic carbocycles. The summed E-state index contributed by atoms with van der Waals surface area (Å²) in [5, 5.41) is 3.89. The smallest absolute Gasteiger partial charge is 0.223 e. The predicted molar refractivity (Wildman–Crippen MR) is 63.3 cm³/mol. The molecule has 0 aromatic carbocycles. The van der Waals surface area contributed by atoms with Gasteiger partial charge in [0, 0.05) is 24.3 Å². The molecule has 1 fully saturated rings. The molecule has 0 bridgehead atoms. The third-order valence-corrected chi connectivity index (χ3v) is 3.84. The Kier molecular flexibility index (Phi) is 3.53. The first-order valence-corrected chi connectivity index (χ1v) is 6.61. The van der Waals surface area contributed by atoms with Gasteiger partial charge in [-0.3, -0.25) is 4.79 Å². The summed E-state index contributed by atoms with van der Waals surface area (Å²) < 4.78 is 5.07. The van der Waals surface area contributed by atoms with Gasteiger partial charge in [-0.05, 0) is 20.3 Å². The molecule has 0 radical (unpaired) electrons. The highest BCUT2D eigenvalue weighted by Gasteiger charge is 2.19. The maximum atomic E-state index is 11.8. The Morgan fingerprint density at radius 2 is 2.38 bits per heavy atom. The van der Waals surface area contributed by atoms with Crippen LogP contribution in [-0.4, -0.2) is 34.1 Å². The molecule has 1 aromatic rings. The second kappa shape index (κ2) is 4.91. The van der Waals surface area contributed by atoms with Gasteiger partial charge in [-0.25, -0.2) is 0 Å². The van der Waals surface area contributed by atoms with E-state index in [1.54, 1.807) is 0 Å². The van der Waals surface area contributed by atoms with Gasteiger partial charge in [0.15, 0.2) is 0 Å². The van der Waals surface area contributed by atoms with E-state index >= 15 is 0 Å². The van der Waals surface area contributed by atoms with E-state index in [0.717, 1.165) is 41.6 Å². The second-order valence-corrected chi connectivity index (χ2v) is 5.07. The molecular weight excluding hydrogens is 224 g/mol. The van der Waals surface area contributed by atoms with Crippen LogP contribution in [0.1, 0.15) is 23.4 Å². The zero-order valence-electron chi connectivity index (χ0n) is 9.65. The maximum Gasteiger partial charge on any atom is 0.223 e. The summed E-state index contributed by atoms with van der Waals surface area (Å²) in [6.07, 6.45) is 1.30. The number of carbonyl (C=O) groups is 1. The first kappa shape index (κ1) is 11.5. The van der Waals surface area contributed by atoms with Crippen LogP contribution in [0.3, 0.4) is 0 Å². The molecular formula is C11H16N2O2S. The molecule has 0 spiro atoms. The van der Waals surface area contributed by atoms with E-state index in [9.17, 15) is 4.79 Å². The van der Waals surface area contributed by atoms with Gasteiger partial charge in [0.2, 0.25) is 5.91 Å². The molecule has 1 amide bonds. The molecule has 0 atom stereocenters. The molecule has 1 aliphatic heterocycles. The van der Waals surface area contributed by atoms with Gasteiger partial charge in [-0.2, -0.15) is 0 Å². The van der Waals surface area contributed by atoms with Gasteiger partial charge >= 0.3 is 0 Å². The van der Waals surface area contributed by atoms with E-state index in [0.29, 0.717) is 6.42 Å². The molecule has 2 rings (SSSR count). The Labute approximate surface area is 99.4 Å². The van der Waals surface area contributed by atoms with Gasteiger partial charge < -0.3 is 9.42 Å². The average molecular weight is 240 g/mol. The first-order valence-electron chi connectivity index (χ1n) is 5.45. The van der Waals surface area contributed by atoms with Crippen molar-refractivity contribution in [2.75, 3.05) is 18.2 Å². The number of rotatable bonds is 3. The highest BCUT2D eigenvalue weighted by atomic mass is 32.2. The molecule has 0 saturated carbocycles. The molecule has 2 heterocycles. The van der Waals surface area contributed by atoms with Crippen LogP contribution in [0.2, 0.25) is 0 Å². The van der Waals surface area contributed by atoms with Crippen molar-refractivity contribution in [2.24, 2.45) is 0 Å². The molecule has 1 aliphatic rings. The highest BCUT2D eigenvalue weighted by molar-refractivity contribution is 7.99. The standard InChI is InChI=1S/C11H16N2O2S/c1-8-10(9(2)15-12-8)3-4-11(14)13-5-6-16-7-13/h3-7H2,1-2H3. The fourth-order valence-corrected chi connectivity index (χ4v) is 2.83. The SMILES string of the molecule is Cc1noc(C)c1CCC(=O)N1CCSC1. The number of nitrogens with zero attached hydrogens (tertiary/aromatic N) is 2. The van der Waals surface area contributed by atoms with Crippen LogP contribution in [0.15, 0.2) is 4.52 Å². The van der Waals surface area contributed by atoms with E-state index in [2.05, 4.69) is 5.16 Å². The number of aryl methyl sites for hydroxylation is 2. The average Bonchev–Trinajstić information content (AvgIpc) is 2.87. The normalized spacial score (nSPS) is 15.8. The Bertz CT molecular complexity index is 364. The van der Waals surface area contributed by atoms with Crippen LogP contribution >= 0.6 is 11.8 Å². The third-order valence-electron chi connectivity index (χ3n) is 2.88. The molecule has 1 saturated heterocycles. The largest absolute Gasteiger partial charge is 0.361 e. The Hall–Kier alpha value is -0.970. The van der Waals surface area contributed by atoms with E-state index in [1.807, 2.05) is 30.5 Å². The minimum absolute atomic E-state index is 0.241. The van der Waals surface area contributed by atoms with Crippen molar-refractivity contribution in [3.05, 3.63) is 17.0 Å². The van der Waals surface area contributed by atoms with Crippen LogP contribution in [0, 0.1) is 13.8 Å². The van der Waals surface area contributed by atoms with Crippen molar-refractivity contribution in [3.63, 3.8) is 0 Å². The molecule has 88 valence electrons. The van der Waals surface area contributed by atoms with Crippen molar-refractivity contribution in [1.82, 2.24) is 10.1 Å². The summed E-state index contributed by atoms with van der Waals surface area (Å²) in [6.45, 7) is 4.71. The summed E-state index contributed by atoms with van der Waals surface area (Å²) in [5.74, 6) is 2.99. The van der Waals surface area contributed by atoms with Crippen molar-refractivity contribution >= 4 is 17.7 Å². The Balaban J connectivity index is 1.89. The number of thioether (sulfide) groups is 1. The lowest BCUT2D eigenvalue weighted by Crippen LogP contribution is -2.27. The van der Waals surface area contributed by atoms with Crippen LogP contribution in [0.5, 0.6) is 0 Å². The van der Waals surface area contributed by atoms with E-state index in [-0.39, 0.29) is 5.91 Å². The first-order chi connectivity index (χ1) is 7.68. The lowest BCUT2D eigenvalue weighted by atomic mass is 10.1. The Morgan fingerprint density at radius 3 is 2.94 bits per heavy atom. The molecule has 1 aromatic heterocycles. The van der Waals surface area contributed by atoms with E-state index < -0.39 is 0 Å². The fraction of sp³-hybridized carbons (Fsp3) is 0.636. The van der Waals surface area contributed by atoms with Crippen LogP contribution in [0.25, 0.3) is 0 Å². The molecule has 0 N–H and O–H groups in total. The zero-order valence-corrected chi connectivity index (χ0v) is 10.5. The van der Waals surface area contributed by atoms with Gasteiger partial charge in [0.25, 0.3) is 0 Å². The number of hydrogen-bond donors (Lipinski definition) is 0. The maximum absolute atomic E-state index is 11.8. The van der Waals surface area contributed by atoms with Crippen LogP contribution in [-0.2, 0) is 11.2 Å². The monoisotopic (exact) mass is 240 g/mol. The van der Waals surface area contributed by atoms with E-state index in [4.69, 9.17) is 4.52 Å². The summed E-state index contributed by atoms with van der Waals surface area (Å²) in [4.78, 5) is 13.7. The minimum atomic E-state index is 0.241. The summed E-state index contributed by atoms with van der Waals surface area (Å²) >= 11 is 1.81. The van der Waals surface area contributed by atoms with Crippen LogP contribution in [0.4, 0.5) is 0 Å². The zero-order chi connectivity index (χ0) is 11.5. The minimum Gasteiger partial charge on any atom is -0.361 e.